The molecule has 0 saturated carbocycles. The van der Waals surface area contributed by atoms with Crippen LogP contribution < -0.4 is 16.0 Å². The van der Waals surface area contributed by atoms with E-state index >= 15 is 0 Å². The molecule has 258 valence electrons. The molecule has 4 N–H and O–H groups in total. The summed E-state index contributed by atoms with van der Waals surface area (Å²) in [6, 6.07) is 18.9. The zero-order valence-corrected chi connectivity index (χ0v) is 28.6. The van der Waals surface area contributed by atoms with Crippen LogP contribution in [-0.2, 0) is 11.3 Å². The number of H-pyrrole nitrogens is 1. The van der Waals surface area contributed by atoms with Crippen molar-refractivity contribution in [1.82, 2.24) is 34.9 Å². The van der Waals surface area contributed by atoms with Gasteiger partial charge in [-0.25, -0.2) is 9.97 Å². The van der Waals surface area contributed by atoms with Crippen molar-refractivity contribution in [1.29, 1.82) is 0 Å². The summed E-state index contributed by atoms with van der Waals surface area (Å²) in [5.74, 6) is 0.268. The zero-order chi connectivity index (χ0) is 35.3. The summed E-state index contributed by atoms with van der Waals surface area (Å²) >= 11 is 0. The highest BCUT2D eigenvalue weighted by Crippen LogP contribution is 2.26. The predicted molar refractivity (Wildman–Crippen MR) is 197 cm³/mol. The number of nitrogens with zero attached hydrogens (tertiary/aromatic N) is 8. The predicted octanol–water partition coefficient (Wildman–Crippen LogP) is 4.81. The molecule has 2 amide bonds. The van der Waals surface area contributed by atoms with Gasteiger partial charge in [0, 0.05) is 97.6 Å². The van der Waals surface area contributed by atoms with Crippen molar-refractivity contribution in [3.05, 3.63) is 107 Å². The molecule has 0 atom stereocenters. The van der Waals surface area contributed by atoms with Crippen LogP contribution in [0.25, 0.3) is 11.3 Å². The molecule has 7 rings (SSSR count). The summed E-state index contributed by atoms with van der Waals surface area (Å²) in [7, 11) is 2.15. The van der Waals surface area contributed by atoms with Gasteiger partial charge in [0.1, 0.15) is 5.71 Å². The maximum absolute atomic E-state index is 13.1. The number of carbonyl (C=O) groups excluding carboxylic acids is 2. The minimum atomic E-state index is -0.361. The van der Waals surface area contributed by atoms with Gasteiger partial charge >= 0.3 is 0 Å². The average Bonchev–Trinajstić information content (AvgIpc) is 3.81. The van der Waals surface area contributed by atoms with Crippen molar-refractivity contribution in [3.8, 4) is 11.3 Å². The number of anilines is 4. The van der Waals surface area contributed by atoms with Gasteiger partial charge in [-0.1, -0.05) is 18.2 Å². The van der Waals surface area contributed by atoms with Crippen molar-refractivity contribution in [2.75, 3.05) is 49.2 Å². The zero-order valence-electron chi connectivity index (χ0n) is 28.6. The van der Waals surface area contributed by atoms with Gasteiger partial charge in [0.05, 0.1) is 11.4 Å². The van der Waals surface area contributed by atoms with Gasteiger partial charge in [-0.3, -0.25) is 24.6 Å². The molecule has 2 aliphatic rings. The quantitative estimate of drug-likeness (QED) is 0.162. The van der Waals surface area contributed by atoms with E-state index < -0.39 is 0 Å². The Morgan fingerprint density at radius 3 is 2.45 bits per heavy atom. The van der Waals surface area contributed by atoms with Crippen molar-refractivity contribution in [3.63, 3.8) is 0 Å². The fourth-order valence-corrected chi connectivity index (χ4v) is 5.81. The Labute approximate surface area is 295 Å². The Kier molecular flexibility index (Phi) is 9.67. The summed E-state index contributed by atoms with van der Waals surface area (Å²) in [5, 5.41) is 24.2. The Morgan fingerprint density at radius 2 is 1.67 bits per heavy atom. The Morgan fingerprint density at radius 1 is 0.863 bits per heavy atom. The van der Waals surface area contributed by atoms with Crippen LogP contribution in [0.4, 0.5) is 23.1 Å². The minimum Gasteiger partial charge on any atom is -0.324 e. The number of pyridine rings is 1. The maximum atomic E-state index is 13.1. The highest BCUT2D eigenvalue weighted by atomic mass is 16.2. The molecule has 0 radical (unpaired) electrons. The molecule has 14 nitrogen and oxygen atoms in total. The molecule has 2 aliphatic heterocycles. The lowest BCUT2D eigenvalue weighted by atomic mass is 10.0. The largest absolute Gasteiger partial charge is 0.324 e. The molecule has 1 fully saturated rings. The summed E-state index contributed by atoms with van der Waals surface area (Å²) in [4.78, 5) is 44.2. The first-order chi connectivity index (χ1) is 24.8. The fourth-order valence-electron chi connectivity index (χ4n) is 5.81. The SMILES string of the molecule is Cc1cc(NC(=O)C2=NN=C(c3cncc(-c4ccnc(Nc5cc(NC(=O)c6ccc(CN7CCN(C)CC7)cc6)ccc5C)n4)c3)C2)n[nH]1. The van der Waals surface area contributed by atoms with E-state index in [-0.39, 0.29) is 23.9 Å². The third-order valence-corrected chi connectivity index (χ3v) is 8.82. The van der Waals surface area contributed by atoms with Crippen LogP contribution in [0, 0.1) is 13.8 Å². The number of aromatic nitrogens is 5. The Hall–Kier alpha value is -6.12. The second kappa shape index (κ2) is 14.8. The summed E-state index contributed by atoms with van der Waals surface area (Å²) in [5.41, 5.74) is 8.02. The number of aryl methyl sites for hydroxylation is 2. The second-order valence-corrected chi connectivity index (χ2v) is 12.8. The van der Waals surface area contributed by atoms with Gasteiger partial charge in [-0.05, 0) is 68.4 Å². The Balaban J connectivity index is 0.979. The van der Waals surface area contributed by atoms with Crippen LogP contribution in [0.5, 0.6) is 0 Å². The van der Waals surface area contributed by atoms with E-state index in [9.17, 15) is 9.59 Å². The van der Waals surface area contributed by atoms with Gasteiger partial charge in [-0.2, -0.15) is 10.2 Å². The van der Waals surface area contributed by atoms with E-state index in [1.165, 1.54) is 5.56 Å². The Bertz CT molecular complexity index is 2130. The lowest BCUT2D eigenvalue weighted by molar-refractivity contribution is -0.110. The molecule has 2 aromatic carbocycles. The van der Waals surface area contributed by atoms with Crippen LogP contribution in [-0.4, -0.2) is 91.4 Å². The van der Waals surface area contributed by atoms with Crippen LogP contribution in [0.3, 0.4) is 0 Å². The van der Waals surface area contributed by atoms with E-state index in [1.807, 2.05) is 62.4 Å². The first-order valence-electron chi connectivity index (χ1n) is 16.7. The first kappa shape index (κ1) is 33.4. The monoisotopic (exact) mass is 682 g/mol. The van der Waals surface area contributed by atoms with Crippen LogP contribution >= 0.6 is 0 Å². The first-order valence-corrected chi connectivity index (χ1v) is 16.7. The molecule has 0 unspecified atom stereocenters. The number of piperazine rings is 1. The molecule has 5 aromatic rings. The number of hydrogen-bond donors (Lipinski definition) is 4. The number of rotatable bonds is 10. The van der Waals surface area contributed by atoms with Gasteiger partial charge in [-0.15, -0.1) is 5.10 Å². The van der Waals surface area contributed by atoms with Crippen LogP contribution in [0.15, 0.2) is 89.5 Å². The summed E-state index contributed by atoms with van der Waals surface area (Å²) in [6.45, 7) is 8.94. The standard InChI is InChI=1S/C37H38N12O2/c1-23-4-9-29(40-35(50)26-7-5-25(6-8-26)22-49-14-12-48(3)13-15-49)18-31(23)42-37-39-11-10-30(41-37)27-17-28(21-38-20-27)32-19-33(46-45-32)36(51)43-34-16-24(2)44-47-34/h4-11,16-18,20-21H,12-15,19,22H2,1-3H3,(H,40,50)(H,39,41,42)(H2,43,44,47,51). The third-order valence-electron chi connectivity index (χ3n) is 8.82. The van der Waals surface area contributed by atoms with Gasteiger partial charge in [0.25, 0.3) is 11.8 Å². The van der Waals surface area contributed by atoms with E-state index in [4.69, 9.17) is 4.98 Å². The van der Waals surface area contributed by atoms with Crippen LogP contribution in [0.2, 0.25) is 0 Å². The van der Waals surface area contributed by atoms with E-state index in [0.29, 0.717) is 34.4 Å². The summed E-state index contributed by atoms with van der Waals surface area (Å²) in [6.07, 6.45) is 5.31. The van der Waals surface area contributed by atoms with Crippen LogP contribution in [0.1, 0.15) is 39.2 Å². The van der Waals surface area contributed by atoms with E-state index in [0.717, 1.165) is 60.8 Å². The number of aromatic amines is 1. The molecule has 51 heavy (non-hydrogen) atoms. The number of amides is 2. The lowest BCUT2D eigenvalue weighted by Gasteiger charge is -2.32. The fraction of sp³-hybridized carbons (Fsp3) is 0.243. The minimum absolute atomic E-state index is 0.181. The van der Waals surface area contributed by atoms with Crippen molar-refractivity contribution in [2.45, 2.75) is 26.8 Å². The van der Waals surface area contributed by atoms with E-state index in [1.54, 1.807) is 30.7 Å². The third kappa shape index (κ3) is 8.20. The number of benzene rings is 2. The average molecular weight is 683 g/mol. The normalized spacial score (nSPS) is 14.9. The van der Waals surface area contributed by atoms with E-state index in [2.05, 4.69) is 63.2 Å². The molecule has 0 bridgehead atoms. The van der Waals surface area contributed by atoms with Crippen molar-refractivity contribution < 1.29 is 9.59 Å². The maximum Gasteiger partial charge on any atom is 0.273 e. The smallest absolute Gasteiger partial charge is 0.273 e. The molecule has 0 aliphatic carbocycles. The summed E-state index contributed by atoms with van der Waals surface area (Å²) < 4.78 is 0. The number of nitrogens with one attached hydrogen (secondary N) is 4. The molecule has 0 spiro atoms. The van der Waals surface area contributed by atoms with Gasteiger partial charge in [0.15, 0.2) is 5.82 Å². The van der Waals surface area contributed by atoms with Crippen molar-refractivity contribution >= 4 is 46.4 Å². The van der Waals surface area contributed by atoms with Gasteiger partial charge in [0.2, 0.25) is 5.95 Å². The second-order valence-electron chi connectivity index (χ2n) is 12.8. The number of carbonyl (C=O) groups is 2. The molecule has 1 saturated heterocycles. The van der Waals surface area contributed by atoms with Crippen molar-refractivity contribution in [2.24, 2.45) is 10.2 Å². The molecule has 3 aromatic heterocycles. The number of hydrogen-bond acceptors (Lipinski definition) is 11. The molecular weight excluding hydrogens is 644 g/mol. The highest BCUT2D eigenvalue weighted by Gasteiger charge is 2.22. The number of likely N-dealkylation sites (N-methyl/N-ethyl adjacent to an activating group) is 1. The molecule has 14 heteroatoms. The topological polar surface area (TPSA) is 169 Å². The molecule has 5 heterocycles. The molecular formula is C37H38N12O2. The van der Waals surface area contributed by atoms with Gasteiger partial charge < -0.3 is 20.9 Å². The highest BCUT2D eigenvalue weighted by molar-refractivity contribution is 6.47. The lowest BCUT2D eigenvalue weighted by Crippen LogP contribution is -2.43.